The number of carbonyl (C=O) groups is 1. The van der Waals surface area contributed by atoms with E-state index in [0.29, 0.717) is 16.1 Å². The minimum Gasteiger partial charge on any atom is -0.271 e. The van der Waals surface area contributed by atoms with Crippen LogP contribution in [-0.2, 0) is 4.79 Å². The smallest absolute Gasteiger partial charge is 0.261 e. The number of hydrogen-bond acceptors (Lipinski definition) is 3. The summed E-state index contributed by atoms with van der Waals surface area (Å²) < 4.78 is 0. The van der Waals surface area contributed by atoms with Crippen LogP contribution >= 0.6 is 11.6 Å². The van der Waals surface area contributed by atoms with Gasteiger partial charge in [-0.05, 0) is 11.6 Å². The number of nitrogens with one attached hydrogen (secondary N) is 1. The zero-order valence-electron chi connectivity index (χ0n) is 11.0. The molecule has 0 heterocycles. The first-order chi connectivity index (χ1) is 10.2. The second kappa shape index (κ2) is 7.22. The van der Waals surface area contributed by atoms with Gasteiger partial charge in [0.1, 0.15) is 0 Å². The summed E-state index contributed by atoms with van der Waals surface area (Å²) in [7, 11) is 0. The van der Waals surface area contributed by atoms with E-state index < -0.39 is 11.8 Å². The Morgan fingerprint density at radius 3 is 2.52 bits per heavy atom. The van der Waals surface area contributed by atoms with Crippen molar-refractivity contribution in [1.82, 2.24) is 5.43 Å². The van der Waals surface area contributed by atoms with Gasteiger partial charge in [0.25, 0.3) is 5.91 Å². The average Bonchev–Trinajstić information content (AvgIpc) is 2.51. The van der Waals surface area contributed by atoms with E-state index in [2.05, 4.69) is 10.5 Å². The van der Waals surface area contributed by atoms with Crippen molar-refractivity contribution >= 4 is 23.7 Å². The summed E-state index contributed by atoms with van der Waals surface area (Å²) in [5, 5.41) is 13.5. The zero-order chi connectivity index (χ0) is 15.1. The molecule has 1 atom stereocenters. The summed E-state index contributed by atoms with van der Waals surface area (Å²) in [6, 6.07) is 17.9. The van der Waals surface area contributed by atoms with Gasteiger partial charge in [0.05, 0.1) is 12.3 Å². The summed E-state index contributed by atoms with van der Waals surface area (Å²) in [5.74, 6) is -1.37. The maximum Gasteiger partial charge on any atom is 0.261 e. The molecule has 0 aliphatic heterocycles. The van der Waals surface area contributed by atoms with E-state index in [1.165, 1.54) is 6.21 Å². The van der Waals surface area contributed by atoms with Gasteiger partial charge < -0.3 is 0 Å². The number of benzene rings is 2. The Balaban J connectivity index is 2.05. The van der Waals surface area contributed by atoms with Gasteiger partial charge >= 0.3 is 0 Å². The molecular formula is C16H12ClN3O. The normalized spacial score (nSPS) is 11.8. The van der Waals surface area contributed by atoms with Crippen LogP contribution in [0, 0.1) is 11.3 Å². The predicted molar refractivity (Wildman–Crippen MR) is 82.0 cm³/mol. The number of nitrogens with zero attached hydrogens (tertiary/aromatic N) is 2. The molecule has 0 spiro atoms. The lowest BCUT2D eigenvalue weighted by Crippen LogP contribution is -2.24. The minimum absolute atomic E-state index is 0.480. The molecule has 0 bridgehead atoms. The molecule has 0 aromatic heterocycles. The molecule has 5 heteroatoms. The molecule has 2 aromatic rings. The molecule has 0 radical (unpaired) electrons. The van der Waals surface area contributed by atoms with Crippen molar-refractivity contribution in [1.29, 1.82) is 5.26 Å². The molecule has 2 rings (SSSR count). The first-order valence-electron chi connectivity index (χ1n) is 6.24. The topological polar surface area (TPSA) is 65.2 Å². The van der Waals surface area contributed by atoms with Crippen molar-refractivity contribution in [3.8, 4) is 6.07 Å². The number of amides is 1. The van der Waals surface area contributed by atoms with E-state index in [1.54, 1.807) is 42.5 Å². The van der Waals surface area contributed by atoms with Gasteiger partial charge in [-0.2, -0.15) is 10.4 Å². The Kier molecular flexibility index (Phi) is 5.08. The van der Waals surface area contributed by atoms with E-state index in [1.807, 2.05) is 18.2 Å². The van der Waals surface area contributed by atoms with E-state index in [9.17, 15) is 4.79 Å². The van der Waals surface area contributed by atoms with Crippen molar-refractivity contribution < 1.29 is 4.79 Å². The molecule has 0 fully saturated rings. The number of halogens is 1. The molecule has 21 heavy (non-hydrogen) atoms. The van der Waals surface area contributed by atoms with Crippen molar-refractivity contribution in [2.45, 2.75) is 5.92 Å². The lowest BCUT2D eigenvalue weighted by Gasteiger charge is -2.07. The second-order valence-corrected chi connectivity index (χ2v) is 4.64. The predicted octanol–water partition coefficient (Wildman–Crippen LogP) is 3.10. The first kappa shape index (κ1) is 14.8. The third-order valence-electron chi connectivity index (χ3n) is 2.81. The molecule has 1 amide bonds. The highest BCUT2D eigenvalue weighted by Crippen LogP contribution is 2.15. The average molecular weight is 298 g/mol. The van der Waals surface area contributed by atoms with Gasteiger partial charge in [0.2, 0.25) is 0 Å². The molecule has 0 aliphatic rings. The molecule has 2 aromatic carbocycles. The van der Waals surface area contributed by atoms with Crippen LogP contribution in [0.5, 0.6) is 0 Å². The number of carbonyl (C=O) groups excluding carboxylic acids is 1. The molecule has 0 saturated carbocycles. The van der Waals surface area contributed by atoms with Crippen LogP contribution in [0.4, 0.5) is 0 Å². The molecule has 104 valence electrons. The molecule has 4 nitrogen and oxygen atoms in total. The van der Waals surface area contributed by atoms with E-state index in [4.69, 9.17) is 16.9 Å². The van der Waals surface area contributed by atoms with Crippen LogP contribution < -0.4 is 5.43 Å². The Bertz CT molecular complexity index is 692. The van der Waals surface area contributed by atoms with Crippen molar-refractivity contribution in [2.24, 2.45) is 5.10 Å². The first-order valence-corrected chi connectivity index (χ1v) is 6.62. The highest BCUT2D eigenvalue weighted by Gasteiger charge is 2.19. The molecular weight excluding hydrogens is 286 g/mol. The molecule has 0 aliphatic carbocycles. The monoisotopic (exact) mass is 297 g/mol. The van der Waals surface area contributed by atoms with Gasteiger partial charge in [0.15, 0.2) is 5.92 Å². The fourth-order valence-electron chi connectivity index (χ4n) is 1.74. The Hall–Kier alpha value is -2.64. The highest BCUT2D eigenvalue weighted by molar-refractivity contribution is 6.33. The molecule has 0 unspecified atom stereocenters. The van der Waals surface area contributed by atoms with Crippen molar-refractivity contribution in [3.63, 3.8) is 0 Å². The lowest BCUT2D eigenvalue weighted by molar-refractivity contribution is -0.121. The van der Waals surface area contributed by atoms with Crippen LogP contribution in [0.25, 0.3) is 0 Å². The summed E-state index contributed by atoms with van der Waals surface area (Å²) in [4.78, 5) is 12.0. The van der Waals surface area contributed by atoms with Crippen molar-refractivity contribution in [2.75, 3.05) is 0 Å². The fourth-order valence-corrected chi connectivity index (χ4v) is 1.92. The Morgan fingerprint density at radius 2 is 1.86 bits per heavy atom. The van der Waals surface area contributed by atoms with Gasteiger partial charge in [-0.25, -0.2) is 5.43 Å². The molecule has 0 saturated heterocycles. The summed E-state index contributed by atoms with van der Waals surface area (Å²) in [5.41, 5.74) is 3.67. The SMILES string of the molecule is N#C[C@H](C(=O)N/N=C\c1ccccc1Cl)c1ccccc1. The number of hydrazone groups is 1. The van der Waals surface area contributed by atoms with Crippen LogP contribution in [-0.4, -0.2) is 12.1 Å². The largest absolute Gasteiger partial charge is 0.271 e. The number of hydrogen-bond donors (Lipinski definition) is 1. The highest BCUT2D eigenvalue weighted by atomic mass is 35.5. The second-order valence-electron chi connectivity index (χ2n) is 4.23. The Labute approximate surface area is 127 Å². The summed E-state index contributed by atoms with van der Waals surface area (Å²) in [6.07, 6.45) is 1.44. The van der Waals surface area contributed by atoms with E-state index >= 15 is 0 Å². The van der Waals surface area contributed by atoms with Gasteiger partial charge in [0, 0.05) is 10.6 Å². The molecule has 1 N–H and O–H groups in total. The van der Waals surface area contributed by atoms with Gasteiger partial charge in [-0.3, -0.25) is 4.79 Å². The minimum atomic E-state index is -0.894. The summed E-state index contributed by atoms with van der Waals surface area (Å²) >= 11 is 5.97. The van der Waals surface area contributed by atoms with Gasteiger partial charge in [-0.15, -0.1) is 0 Å². The van der Waals surface area contributed by atoms with Crippen LogP contribution in [0.3, 0.4) is 0 Å². The number of nitriles is 1. The van der Waals surface area contributed by atoms with E-state index in [-0.39, 0.29) is 0 Å². The van der Waals surface area contributed by atoms with Gasteiger partial charge in [-0.1, -0.05) is 60.1 Å². The maximum atomic E-state index is 12.0. The fraction of sp³-hybridized carbons (Fsp3) is 0.0625. The standard InChI is InChI=1S/C16H12ClN3O/c17-15-9-5-4-8-13(15)11-19-20-16(21)14(10-18)12-6-2-1-3-7-12/h1-9,11,14H,(H,20,21)/b19-11-/t14-/m0/s1. The lowest BCUT2D eigenvalue weighted by atomic mass is 10.0. The van der Waals surface area contributed by atoms with Crippen LogP contribution in [0.2, 0.25) is 5.02 Å². The van der Waals surface area contributed by atoms with Crippen LogP contribution in [0.15, 0.2) is 59.7 Å². The maximum absolute atomic E-state index is 12.0. The zero-order valence-corrected chi connectivity index (χ0v) is 11.8. The number of rotatable bonds is 4. The summed E-state index contributed by atoms with van der Waals surface area (Å²) in [6.45, 7) is 0. The van der Waals surface area contributed by atoms with Crippen LogP contribution in [0.1, 0.15) is 17.0 Å². The van der Waals surface area contributed by atoms with E-state index in [0.717, 1.165) is 0 Å². The Morgan fingerprint density at radius 1 is 1.19 bits per heavy atom. The quantitative estimate of drug-likeness (QED) is 0.696. The van der Waals surface area contributed by atoms with Crippen molar-refractivity contribution in [3.05, 3.63) is 70.7 Å². The third kappa shape index (κ3) is 3.91. The third-order valence-corrected chi connectivity index (χ3v) is 3.15.